The van der Waals surface area contributed by atoms with Crippen molar-refractivity contribution in [1.29, 1.82) is 0 Å². The number of halogens is 1. The van der Waals surface area contributed by atoms with E-state index in [1.54, 1.807) is 36.4 Å². The number of ether oxygens (including phenoxy) is 2. The molecule has 6 heteroatoms. The molecule has 2 N–H and O–H groups in total. The van der Waals surface area contributed by atoms with Crippen LogP contribution in [-0.4, -0.2) is 36.4 Å². The van der Waals surface area contributed by atoms with E-state index in [1.165, 1.54) is 12.1 Å². The lowest BCUT2D eigenvalue weighted by molar-refractivity contribution is -0.00290. The maximum absolute atomic E-state index is 13.0. The van der Waals surface area contributed by atoms with Gasteiger partial charge in [-0.25, -0.2) is 4.39 Å². The Balaban J connectivity index is 1.65. The molecule has 1 aliphatic rings. The predicted octanol–water partition coefficient (Wildman–Crippen LogP) is 2.28. The molecule has 1 heterocycles. The van der Waals surface area contributed by atoms with Crippen LogP contribution in [0.15, 0.2) is 48.5 Å². The van der Waals surface area contributed by atoms with Crippen molar-refractivity contribution in [3.05, 3.63) is 65.5 Å². The standard InChI is InChI=1S/C19H20FNO4/c20-15-5-7-16(8-6-15)25-18-9-10-24-12-17(18)21-19(23)14-3-1-13(11-22)2-4-14/h1-8,17-18,22H,9-12H2,(H,21,23)/t17-,18+/m1/s1. The number of nitrogens with one attached hydrogen (secondary N) is 1. The first-order chi connectivity index (χ1) is 12.2. The second kappa shape index (κ2) is 8.09. The predicted molar refractivity (Wildman–Crippen MR) is 89.9 cm³/mol. The van der Waals surface area contributed by atoms with Crippen LogP contribution in [0.4, 0.5) is 4.39 Å². The lowest BCUT2D eigenvalue weighted by Crippen LogP contribution is -2.51. The molecule has 0 radical (unpaired) electrons. The van der Waals surface area contributed by atoms with Crippen LogP contribution in [0.5, 0.6) is 5.75 Å². The van der Waals surface area contributed by atoms with E-state index in [2.05, 4.69) is 5.32 Å². The Morgan fingerprint density at radius 1 is 1.20 bits per heavy atom. The van der Waals surface area contributed by atoms with E-state index in [1.807, 2.05) is 0 Å². The van der Waals surface area contributed by atoms with Crippen molar-refractivity contribution in [2.24, 2.45) is 0 Å². The van der Waals surface area contributed by atoms with Crippen LogP contribution in [-0.2, 0) is 11.3 Å². The molecule has 0 aliphatic carbocycles. The quantitative estimate of drug-likeness (QED) is 0.872. The second-order valence-corrected chi connectivity index (χ2v) is 5.91. The van der Waals surface area contributed by atoms with Crippen LogP contribution in [0.25, 0.3) is 0 Å². The minimum absolute atomic E-state index is 0.0635. The van der Waals surface area contributed by atoms with Gasteiger partial charge in [0.25, 0.3) is 5.91 Å². The normalized spacial score (nSPS) is 20.1. The molecule has 1 aliphatic heterocycles. The highest BCUT2D eigenvalue weighted by Gasteiger charge is 2.29. The number of amides is 1. The van der Waals surface area contributed by atoms with Crippen LogP contribution < -0.4 is 10.1 Å². The van der Waals surface area contributed by atoms with Gasteiger partial charge in [-0.15, -0.1) is 0 Å². The van der Waals surface area contributed by atoms with Crippen molar-refractivity contribution in [2.75, 3.05) is 13.2 Å². The summed E-state index contributed by atoms with van der Waals surface area (Å²) in [5.41, 5.74) is 1.25. The van der Waals surface area contributed by atoms with Crippen molar-refractivity contribution in [3.63, 3.8) is 0 Å². The summed E-state index contributed by atoms with van der Waals surface area (Å²) in [6, 6.07) is 12.3. The van der Waals surface area contributed by atoms with Gasteiger partial charge in [-0.3, -0.25) is 4.79 Å². The third-order valence-corrected chi connectivity index (χ3v) is 4.11. The summed E-state index contributed by atoms with van der Waals surface area (Å²) < 4.78 is 24.4. The highest BCUT2D eigenvalue weighted by Crippen LogP contribution is 2.19. The summed E-state index contributed by atoms with van der Waals surface area (Å²) in [5, 5.41) is 12.0. The van der Waals surface area contributed by atoms with Crippen molar-refractivity contribution in [1.82, 2.24) is 5.32 Å². The highest BCUT2D eigenvalue weighted by atomic mass is 19.1. The largest absolute Gasteiger partial charge is 0.488 e. The van der Waals surface area contributed by atoms with Gasteiger partial charge in [-0.05, 0) is 42.0 Å². The molecule has 2 atom stereocenters. The summed E-state index contributed by atoms with van der Waals surface area (Å²) >= 11 is 0. The first-order valence-electron chi connectivity index (χ1n) is 8.16. The number of aliphatic hydroxyl groups excluding tert-OH is 1. The lowest BCUT2D eigenvalue weighted by Gasteiger charge is -2.32. The van der Waals surface area contributed by atoms with Gasteiger partial charge < -0.3 is 19.9 Å². The first kappa shape index (κ1) is 17.4. The summed E-state index contributed by atoms with van der Waals surface area (Å²) in [5.74, 6) is 0.00282. The Bertz CT molecular complexity index is 702. The third-order valence-electron chi connectivity index (χ3n) is 4.11. The van der Waals surface area contributed by atoms with E-state index >= 15 is 0 Å². The molecule has 0 aromatic heterocycles. The maximum Gasteiger partial charge on any atom is 0.251 e. The number of rotatable bonds is 5. The fourth-order valence-corrected chi connectivity index (χ4v) is 2.70. The molecule has 3 rings (SSSR count). The molecule has 0 spiro atoms. The molecule has 0 unspecified atom stereocenters. The molecule has 2 aromatic carbocycles. The maximum atomic E-state index is 13.0. The smallest absolute Gasteiger partial charge is 0.251 e. The van der Waals surface area contributed by atoms with Crippen LogP contribution in [0.3, 0.4) is 0 Å². The van der Waals surface area contributed by atoms with Crippen molar-refractivity contribution in [2.45, 2.75) is 25.2 Å². The Hall–Kier alpha value is -2.44. The SMILES string of the molecule is O=C(N[C@@H]1COCC[C@@H]1Oc1ccc(F)cc1)c1ccc(CO)cc1. The van der Waals surface area contributed by atoms with E-state index in [0.29, 0.717) is 30.9 Å². The molecule has 1 amide bonds. The molecular formula is C19H20FNO4. The summed E-state index contributed by atoms with van der Waals surface area (Å²) in [6.45, 7) is 0.835. The van der Waals surface area contributed by atoms with Gasteiger partial charge in [0.1, 0.15) is 17.7 Å². The number of carbonyl (C=O) groups excluding carboxylic acids is 1. The van der Waals surface area contributed by atoms with Gasteiger partial charge >= 0.3 is 0 Å². The van der Waals surface area contributed by atoms with E-state index in [0.717, 1.165) is 5.56 Å². The highest BCUT2D eigenvalue weighted by molar-refractivity contribution is 5.94. The van der Waals surface area contributed by atoms with Gasteiger partial charge in [0.15, 0.2) is 0 Å². The van der Waals surface area contributed by atoms with Gasteiger partial charge in [0.2, 0.25) is 0 Å². The number of aliphatic hydroxyl groups is 1. The van der Waals surface area contributed by atoms with Gasteiger partial charge in [0, 0.05) is 12.0 Å². The van der Waals surface area contributed by atoms with E-state index in [4.69, 9.17) is 14.6 Å². The van der Waals surface area contributed by atoms with Gasteiger partial charge in [-0.1, -0.05) is 12.1 Å². The molecule has 132 valence electrons. The number of benzene rings is 2. The van der Waals surface area contributed by atoms with Crippen LogP contribution in [0.2, 0.25) is 0 Å². The van der Waals surface area contributed by atoms with Gasteiger partial charge in [0.05, 0.1) is 25.9 Å². The fourth-order valence-electron chi connectivity index (χ4n) is 2.70. The zero-order valence-corrected chi connectivity index (χ0v) is 13.7. The first-order valence-corrected chi connectivity index (χ1v) is 8.16. The fraction of sp³-hybridized carbons (Fsp3) is 0.316. The third kappa shape index (κ3) is 4.55. The monoisotopic (exact) mass is 345 g/mol. The van der Waals surface area contributed by atoms with E-state index in [-0.39, 0.29) is 30.5 Å². The van der Waals surface area contributed by atoms with E-state index in [9.17, 15) is 9.18 Å². The minimum atomic E-state index is -0.324. The van der Waals surface area contributed by atoms with Crippen LogP contribution in [0, 0.1) is 5.82 Å². The Kier molecular flexibility index (Phi) is 5.63. The molecule has 25 heavy (non-hydrogen) atoms. The zero-order chi connectivity index (χ0) is 17.6. The Morgan fingerprint density at radius 2 is 1.92 bits per heavy atom. The summed E-state index contributed by atoms with van der Waals surface area (Å²) in [4.78, 5) is 12.4. The van der Waals surface area contributed by atoms with Crippen LogP contribution >= 0.6 is 0 Å². The number of carbonyl (C=O) groups is 1. The van der Waals surface area contributed by atoms with Crippen molar-refractivity contribution < 1.29 is 23.8 Å². The molecule has 0 bridgehead atoms. The van der Waals surface area contributed by atoms with Crippen molar-refractivity contribution >= 4 is 5.91 Å². The zero-order valence-electron chi connectivity index (χ0n) is 13.7. The lowest BCUT2D eigenvalue weighted by atomic mass is 10.1. The summed E-state index contributed by atoms with van der Waals surface area (Å²) in [7, 11) is 0. The van der Waals surface area contributed by atoms with Crippen molar-refractivity contribution in [3.8, 4) is 5.75 Å². The number of hydrogen-bond acceptors (Lipinski definition) is 4. The molecule has 1 saturated heterocycles. The second-order valence-electron chi connectivity index (χ2n) is 5.91. The van der Waals surface area contributed by atoms with Crippen LogP contribution in [0.1, 0.15) is 22.3 Å². The topological polar surface area (TPSA) is 67.8 Å². The summed E-state index contributed by atoms with van der Waals surface area (Å²) in [6.07, 6.45) is 0.381. The Morgan fingerprint density at radius 3 is 2.60 bits per heavy atom. The Labute approximate surface area is 145 Å². The average molecular weight is 345 g/mol. The molecule has 0 saturated carbocycles. The molecule has 2 aromatic rings. The minimum Gasteiger partial charge on any atom is -0.488 e. The van der Waals surface area contributed by atoms with Gasteiger partial charge in [-0.2, -0.15) is 0 Å². The number of hydrogen-bond donors (Lipinski definition) is 2. The average Bonchev–Trinajstić information content (AvgIpc) is 2.65. The van der Waals surface area contributed by atoms with E-state index < -0.39 is 0 Å². The molecule has 1 fully saturated rings. The molecule has 5 nitrogen and oxygen atoms in total. The molecular weight excluding hydrogens is 325 g/mol.